The number of nitrogens with zero attached hydrogens (tertiary/aromatic N) is 2. The van der Waals surface area contributed by atoms with Gasteiger partial charge in [-0.25, -0.2) is 0 Å². The number of para-hydroxylation sites is 1. The molecule has 2 aromatic rings. The van der Waals surface area contributed by atoms with Gasteiger partial charge >= 0.3 is 6.18 Å². The molecule has 0 atom stereocenters. The summed E-state index contributed by atoms with van der Waals surface area (Å²) in [5, 5.41) is 0. The number of amides is 2. The van der Waals surface area contributed by atoms with E-state index < -0.39 is 17.6 Å². The molecule has 158 valence electrons. The third-order valence-corrected chi connectivity index (χ3v) is 5.83. The first-order chi connectivity index (χ1) is 14.2. The highest BCUT2D eigenvalue weighted by Crippen LogP contribution is 2.42. The van der Waals surface area contributed by atoms with Crippen LogP contribution < -0.4 is 4.90 Å². The molecule has 0 spiro atoms. The van der Waals surface area contributed by atoms with Crippen LogP contribution in [0.2, 0.25) is 0 Å². The summed E-state index contributed by atoms with van der Waals surface area (Å²) in [6.45, 7) is 4.71. The summed E-state index contributed by atoms with van der Waals surface area (Å²) in [4.78, 5) is 29.7. The summed E-state index contributed by atoms with van der Waals surface area (Å²) in [6, 6.07) is 12.1. The van der Waals surface area contributed by atoms with Crippen molar-refractivity contribution < 1.29 is 22.8 Å². The first-order valence-corrected chi connectivity index (χ1v) is 10.3. The largest absolute Gasteiger partial charge is 0.416 e. The Kier molecular flexibility index (Phi) is 6.55. The van der Waals surface area contributed by atoms with Gasteiger partial charge in [0, 0.05) is 24.1 Å². The van der Waals surface area contributed by atoms with Crippen molar-refractivity contribution in [1.82, 2.24) is 4.90 Å². The summed E-state index contributed by atoms with van der Waals surface area (Å²) in [7, 11) is 0. The molecular weight excluding hydrogens is 413 g/mol. The Hall–Kier alpha value is -2.74. The van der Waals surface area contributed by atoms with Crippen LogP contribution in [-0.2, 0) is 22.3 Å². The monoisotopic (exact) mass is 434 g/mol. The molecule has 3 rings (SSSR count). The minimum atomic E-state index is -4.46. The molecular formula is C22H21F3N2O2S. The Morgan fingerprint density at radius 1 is 1.10 bits per heavy atom. The van der Waals surface area contributed by atoms with Crippen molar-refractivity contribution in [3.8, 4) is 0 Å². The number of carbonyl (C=O) groups is 2. The lowest BCUT2D eigenvalue weighted by Gasteiger charge is -2.30. The van der Waals surface area contributed by atoms with Crippen LogP contribution in [0, 0.1) is 0 Å². The quantitative estimate of drug-likeness (QED) is 0.615. The molecule has 4 nitrogen and oxygen atoms in total. The van der Waals surface area contributed by atoms with Crippen molar-refractivity contribution in [2.45, 2.75) is 31.5 Å². The summed E-state index contributed by atoms with van der Waals surface area (Å²) in [5.74, 6) is -0.675. The van der Waals surface area contributed by atoms with E-state index in [2.05, 4.69) is 0 Å². The number of thioether (sulfide) groups is 1. The average Bonchev–Trinajstić information content (AvgIpc) is 2.71. The van der Waals surface area contributed by atoms with Crippen molar-refractivity contribution in [2.24, 2.45) is 0 Å². The maximum atomic E-state index is 13.2. The van der Waals surface area contributed by atoms with Crippen molar-refractivity contribution in [3.05, 3.63) is 70.6 Å². The fourth-order valence-corrected chi connectivity index (χ4v) is 4.21. The molecule has 0 N–H and O–H groups in total. The van der Waals surface area contributed by atoms with E-state index in [4.69, 9.17) is 0 Å². The molecule has 0 fully saturated rings. The SMILES string of the molecule is CCN(CC)C(=O)C=C1Sc2ccccc2N(Cc2cccc(C(F)(F)F)c2)C1=O. The summed E-state index contributed by atoms with van der Waals surface area (Å²) in [5.41, 5.74) is 0.200. The number of anilines is 1. The molecule has 0 aliphatic carbocycles. The third-order valence-electron chi connectivity index (χ3n) is 4.76. The number of likely N-dealkylation sites (N-methyl/N-ethyl adjacent to an activating group) is 1. The Balaban J connectivity index is 1.97. The van der Waals surface area contributed by atoms with Crippen LogP contribution in [0.15, 0.2) is 64.4 Å². The van der Waals surface area contributed by atoms with Crippen LogP contribution in [0.5, 0.6) is 0 Å². The second-order valence-electron chi connectivity index (χ2n) is 6.68. The van der Waals surface area contributed by atoms with Gasteiger partial charge in [-0.05, 0) is 43.7 Å². The topological polar surface area (TPSA) is 40.6 Å². The van der Waals surface area contributed by atoms with Gasteiger partial charge in [0.05, 0.1) is 22.7 Å². The standard InChI is InChI=1S/C22H21F3N2O2S/c1-3-26(4-2)20(28)13-19-21(29)27(17-10-5-6-11-18(17)30-19)14-15-8-7-9-16(12-15)22(23,24)25/h5-13H,3-4,14H2,1-2H3. The van der Waals surface area contributed by atoms with Gasteiger partial charge in [-0.2, -0.15) is 13.2 Å². The number of hydrogen-bond acceptors (Lipinski definition) is 3. The molecule has 1 aliphatic heterocycles. The Bertz CT molecular complexity index is 984. The lowest BCUT2D eigenvalue weighted by atomic mass is 10.1. The molecule has 1 aliphatic rings. The van der Waals surface area contributed by atoms with E-state index in [0.29, 0.717) is 24.3 Å². The number of hydrogen-bond donors (Lipinski definition) is 0. The summed E-state index contributed by atoms with van der Waals surface area (Å²) < 4.78 is 39.2. The Morgan fingerprint density at radius 3 is 2.47 bits per heavy atom. The van der Waals surface area contributed by atoms with Crippen LogP contribution in [0.4, 0.5) is 18.9 Å². The second-order valence-corrected chi connectivity index (χ2v) is 7.76. The van der Waals surface area contributed by atoms with E-state index >= 15 is 0 Å². The Labute approximate surface area is 177 Å². The zero-order valence-electron chi connectivity index (χ0n) is 16.6. The highest BCUT2D eigenvalue weighted by atomic mass is 32.2. The summed E-state index contributed by atoms with van der Waals surface area (Å²) in [6.07, 6.45) is -3.15. The maximum absolute atomic E-state index is 13.2. The second kappa shape index (κ2) is 8.95. The fraction of sp³-hybridized carbons (Fsp3) is 0.273. The molecule has 2 aromatic carbocycles. The number of fused-ring (bicyclic) bond motifs is 1. The van der Waals surface area contributed by atoms with E-state index in [1.807, 2.05) is 26.0 Å². The molecule has 2 amide bonds. The van der Waals surface area contributed by atoms with Crippen LogP contribution in [0.25, 0.3) is 0 Å². The molecule has 0 bridgehead atoms. The molecule has 30 heavy (non-hydrogen) atoms. The van der Waals surface area contributed by atoms with Crippen molar-refractivity contribution in [2.75, 3.05) is 18.0 Å². The van der Waals surface area contributed by atoms with E-state index in [1.165, 1.54) is 28.8 Å². The average molecular weight is 434 g/mol. The van der Waals surface area contributed by atoms with Gasteiger partial charge in [0.15, 0.2) is 0 Å². The van der Waals surface area contributed by atoms with E-state index in [1.54, 1.807) is 23.1 Å². The minimum absolute atomic E-state index is 0.0306. The predicted octanol–water partition coefficient (Wildman–Crippen LogP) is 5.10. The Morgan fingerprint density at radius 2 is 1.80 bits per heavy atom. The van der Waals surface area contributed by atoms with E-state index in [0.717, 1.165) is 17.0 Å². The van der Waals surface area contributed by atoms with E-state index in [9.17, 15) is 22.8 Å². The number of halogens is 3. The van der Waals surface area contributed by atoms with Crippen molar-refractivity contribution in [1.29, 1.82) is 0 Å². The van der Waals surface area contributed by atoms with E-state index in [-0.39, 0.29) is 17.4 Å². The zero-order valence-corrected chi connectivity index (χ0v) is 17.4. The number of carbonyl (C=O) groups excluding carboxylic acids is 2. The van der Waals surface area contributed by atoms with Crippen LogP contribution in [0.3, 0.4) is 0 Å². The lowest BCUT2D eigenvalue weighted by Crippen LogP contribution is -2.35. The van der Waals surface area contributed by atoms with Crippen LogP contribution in [-0.4, -0.2) is 29.8 Å². The van der Waals surface area contributed by atoms with Gasteiger partial charge in [-0.15, -0.1) is 0 Å². The molecule has 1 heterocycles. The van der Waals surface area contributed by atoms with Crippen molar-refractivity contribution in [3.63, 3.8) is 0 Å². The molecule has 0 aromatic heterocycles. The smallest absolute Gasteiger partial charge is 0.340 e. The molecule has 0 saturated carbocycles. The van der Waals surface area contributed by atoms with Gasteiger partial charge in [0.1, 0.15) is 0 Å². The molecule has 0 unspecified atom stereocenters. The first kappa shape index (κ1) is 22.0. The lowest BCUT2D eigenvalue weighted by molar-refractivity contribution is -0.137. The van der Waals surface area contributed by atoms with Gasteiger partial charge in [0.25, 0.3) is 5.91 Å². The minimum Gasteiger partial charge on any atom is -0.340 e. The van der Waals surface area contributed by atoms with Crippen LogP contribution >= 0.6 is 11.8 Å². The molecule has 0 radical (unpaired) electrons. The molecule has 8 heteroatoms. The predicted molar refractivity (Wildman–Crippen MR) is 111 cm³/mol. The van der Waals surface area contributed by atoms with Gasteiger partial charge in [-0.1, -0.05) is 36.0 Å². The zero-order chi connectivity index (χ0) is 21.9. The number of rotatable bonds is 5. The number of alkyl halides is 3. The maximum Gasteiger partial charge on any atom is 0.416 e. The van der Waals surface area contributed by atoms with Gasteiger partial charge in [-0.3, -0.25) is 9.59 Å². The van der Waals surface area contributed by atoms with Gasteiger partial charge < -0.3 is 9.80 Å². The third kappa shape index (κ3) is 4.70. The fourth-order valence-electron chi connectivity index (χ4n) is 3.19. The number of benzene rings is 2. The summed E-state index contributed by atoms with van der Waals surface area (Å²) >= 11 is 1.20. The molecule has 0 saturated heterocycles. The van der Waals surface area contributed by atoms with Gasteiger partial charge in [0.2, 0.25) is 5.91 Å². The van der Waals surface area contributed by atoms with Crippen LogP contribution in [0.1, 0.15) is 25.0 Å². The normalized spacial score (nSPS) is 15.3. The van der Waals surface area contributed by atoms with Crippen molar-refractivity contribution >= 4 is 29.3 Å². The first-order valence-electron chi connectivity index (χ1n) is 9.50. The highest BCUT2D eigenvalue weighted by Gasteiger charge is 2.32. The highest BCUT2D eigenvalue weighted by molar-refractivity contribution is 8.04.